The van der Waals surface area contributed by atoms with Gasteiger partial charge in [-0.25, -0.2) is 9.78 Å². The maximum absolute atomic E-state index is 13.8. The highest BCUT2D eigenvalue weighted by Gasteiger charge is 2.39. The zero-order valence-electron chi connectivity index (χ0n) is 29.2. The standard InChI is InChI=1S/C33H46N5O10/c1-19-15-25-26(16-20(19)2)37(31-29(34-25)32(43)36(33(44)35-31)13-11-10-12-14-38(7,8)9)17-27(46-22(4)40)30(48-24(6)42)28(47-23(5)41)18-45-21(3)39/h15-16,27-28,30H,10-14,17-18H2,1-9H3/q+1/t27-,28+,30-/m0/s1. The molecule has 262 valence electrons. The van der Waals surface area contributed by atoms with Gasteiger partial charge in [0.15, 0.2) is 29.8 Å². The normalized spacial score (nSPS) is 13.5. The van der Waals surface area contributed by atoms with E-state index in [1.165, 1.54) is 4.57 Å². The molecule has 0 aromatic heterocycles. The van der Waals surface area contributed by atoms with E-state index >= 15 is 0 Å². The lowest BCUT2D eigenvalue weighted by atomic mass is 10.1. The molecule has 2 aliphatic heterocycles. The summed E-state index contributed by atoms with van der Waals surface area (Å²) in [7, 11) is 6.29. The summed E-state index contributed by atoms with van der Waals surface area (Å²) in [6.07, 6.45) is -1.94. The van der Waals surface area contributed by atoms with Crippen LogP contribution in [0.25, 0.3) is 22.6 Å². The van der Waals surface area contributed by atoms with Crippen molar-refractivity contribution in [2.24, 2.45) is 0 Å². The molecule has 0 saturated heterocycles. The van der Waals surface area contributed by atoms with Gasteiger partial charge in [0.1, 0.15) is 6.61 Å². The number of hydrogen-bond donors (Lipinski definition) is 0. The summed E-state index contributed by atoms with van der Waals surface area (Å²) < 4.78 is 25.0. The summed E-state index contributed by atoms with van der Waals surface area (Å²) in [5, 5.41) is 0. The van der Waals surface area contributed by atoms with Crippen LogP contribution in [0, 0.1) is 13.8 Å². The summed E-state index contributed by atoms with van der Waals surface area (Å²) >= 11 is 0. The molecule has 0 saturated carbocycles. The van der Waals surface area contributed by atoms with Crippen molar-refractivity contribution in [1.82, 2.24) is 19.1 Å². The van der Waals surface area contributed by atoms with E-state index in [2.05, 4.69) is 31.1 Å². The van der Waals surface area contributed by atoms with Gasteiger partial charge in [-0.2, -0.15) is 4.98 Å². The van der Waals surface area contributed by atoms with E-state index in [9.17, 15) is 28.8 Å². The van der Waals surface area contributed by atoms with Crippen LogP contribution in [0.3, 0.4) is 0 Å². The Morgan fingerprint density at radius 3 is 1.96 bits per heavy atom. The number of aromatic nitrogens is 4. The highest BCUT2D eigenvalue weighted by atomic mass is 16.6. The number of fused-ring (bicyclic) bond motifs is 2. The van der Waals surface area contributed by atoms with Crippen LogP contribution in [-0.2, 0) is 51.2 Å². The monoisotopic (exact) mass is 672 g/mol. The van der Waals surface area contributed by atoms with Crippen LogP contribution in [0.5, 0.6) is 0 Å². The number of nitrogens with zero attached hydrogens (tertiary/aromatic N) is 5. The van der Waals surface area contributed by atoms with Crippen LogP contribution >= 0.6 is 0 Å². The third-order valence-corrected chi connectivity index (χ3v) is 7.66. The van der Waals surface area contributed by atoms with Crippen molar-refractivity contribution in [3.8, 4) is 11.5 Å². The smallest absolute Gasteiger partial charge is 0.352 e. The molecule has 0 bridgehead atoms. The molecule has 0 N–H and O–H groups in total. The molecule has 15 nitrogen and oxygen atoms in total. The molecular weight excluding hydrogens is 626 g/mol. The van der Waals surface area contributed by atoms with E-state index in [0.29, 0.717) is 17.5 Å². The summed E-state index contributed by atoms with van der Waals surface area (Å²) in [4.78, 5) is 84.6. The third kappa shape index (κ3) is 10.2. The molecule has 0 aliphatic carbocycles. The zero-order valence-corrected chi connectivity index (χ0v) is 29.2. The molecule has 0 fully saturated rings. The van der Waals surface area contributed by atoms with Crippen molar-refractivity contribution in [3.05, 3.63) is 44.1 Å². The SMILES string of the molecule is CC(=O)OC[C@@H](OC(C)=O)[C@@H](OC(C)=O)[C@H](Cn1c2nc(=O)n(CCCCC[N+](C)(C)C)c(=O)c-2nc2cc(C)c(C)cc21)OC(C)=O. The Bertz CT molecular complexity index is 1760. The minimum absolute atomic E-state index is 0.0789. The molecule has 2 heterocycles. The molecule has 1 aromatic carbocycles. The van der Waals surface area contributed by atoms with Crippen LogP contribution in [0.1, 0.15) is 58.1 Å². The Morgan fingerprint density at radius 1 is 0.771 bits per heavy atom. The molecule has 0 unspecified atom stereocenters. The topological polar surface area (TPSA) is 175 Å². The Kier molecular flexibility index (Phi) is 12.6. The average Bonchev–Trinajstić information content (AvgIpc) is 2.95. The molecule has 15 heteroatoms. The summed E-state index contributed by atoms with van der Waals surface area (Å²) in [5.41, 5.74) is 1.11. The van der Waals surface area contributed by atoms with Crippen LogP contribution < -0.4 is 11.2 Å². The van der Waals surface area contributed by atoms with Crippen LogP contribution in [-0.4, -0.2) is 100 Å². The van der Waals surface area contributed by atoms with Gasteiger partial charge in [-0.15, -0.1) is 0 Å². The van der Waals surface area contributed by atoms with Crippen LogP contribution in [0.4, 0.5) is 0 Å². The largest absolute Gasteiger partial charge is 0.462 e. The van der Waals surface area contributed by atoms with Crippen molar-refractivity contribution in [2.45, 2.75) is 92.2 Å². The lowest BCUT2D eigenvalue weighted by molar-refractivity contribution is -0.870. The van der Waals surface area contributed by atoms with Gasteiger partial charge in [-0.05, 0) is 56.4 Å². The summed E-state index contributed by atoms with van der Waals surface area (Å²) in [6, 6.07) is 3.57. The van der Waals surface area contributed by atoms with Gasteiger partial charge in [0, 0.05) is 34.2 Å². The second kappa shape index (κ2) is 16.0. The molecule has 48 heavy (non-hydrogen) atoms. The van der Waals surface area contributed by atoms with Gasteiger partial charge in [0.25, 0.3) is 5.56 Å². The average molecular weight is 673 g/mol. The van der Waals surface area contributed by atoms with E-state index in [1.807, 2.05) is 13.8 Å². The quantitative estimate of drug-likeness (QED) is 0.0755. The number of carbonyl (C=O) groups is 4. The molecule has 1 aromatic rings. The fourth-order valence-electron chi connectivity index (χ4n) is 5.33. The Labute approximate surface area is 278 Å². The number of ether oxygens (including phenoxy) is 4. The molecule has 0 radical (unpaired) electrons. The van der Waals surface area contributed by atoms with Gasteiger partial charge in [0.2, 0.25) is 0 Å². The van der Waals surface area contributed by atoms with Crippen molar-refractivity contribution < 1.29 is 42.6 Å². The third-order valence-electron chi connectivity index (χ3n) is 7.66. The number of unbranched alkanes of at least 4 members (excludes halogenated alkanes) is 2. The number of rotatable bonds is 15. The Balaban J connectivity index is 2.22. The molecule has 0 amide bonds. The van der Waals surface area contributed by atoms with Gasteiger partial charge < -0.3 is 28.0 Å². The summed E-state index contributed by atoms with van der Waals surface area (Å²) in [5.74, 6) is -3.13. The van der Waals surface area contributed by atoms with Crippen LogP contribution in [0.2, 0.25) is 0 Å². The molecule has 2 aliphatic rings. The lowest BCUT2D eigenvalue weighted by Crippen LogP contribution is -2.49. The minimum Gasteiger partial charge on any atom is -0.462 e. The highest BCUT2D eigenvalue weighted by molar-refractivity contribution is 5.81. The second-order valence-corrected chi connectivity index (χ2v) is 12.9. The molecule has 3 atom stereocenters. The molecular formula is C33H46N5O10+. The first-order valence-corrected chi connectivity index (χ1v) is 15.8. The van der Waals surface area contributed by atoms with Crippen molar-refractivity contribution in [2.75, 3.05) is 34.3 Å². The maximum atomic E-state index is 13.8. The Morgan fingerprint density at radius 2 is 1.38 bits per heavy atom. The lowest BCUT2D eigenvalue weighted by Gasteiger charge is -2.32. The predicted octanol–water partition coefficient (Wildman–Crippen LogP) is 1.91. The van der Waals surface area contributed by atoms with E-state index < -0.39 is 60.0 Å². The van der Waals surface area contributed by atoms with Gasteiger partial charge in [-0.1, -0.05) is 0 Å². The minimum atomic E-state index is -1.48. The number of quaternary nitrogens is 1. The summed E-state index contributed by atoms with van der Waals surface area (Å²) in [6.45, 7) is 8.53. The number of esters is 4. The highest BCUT2D eigenvalue weighted by Crippen LogP contribution is 2.26. The number of aryl methyl sites for hydroxylation is 2. The van der Waals surface area contributed by atoms with Crippen molar-refractivity contribution in [1.29, 1.82) is 0 Å². The molecule has 3 rings (SSSR count). The van der Waals surface area contributed by atoms with E-state index in [-0.39, 0.29) is 24.6 Å². The zero-order chi connectivity index (χ0) is 35.9. The Hall–Kier alpha value is -4.66. The fourth-order valence-corrected chi connectivity index (χ4v) is 5.33. The van der Waals surface area contributed by atoms with Gasteiger partial charge in [-0.3, -0.25) is 28.5 Å². The maximum Gasteiger partial charge on any atom is 0.352 e. The first-order chi connectivity index (χ1) is 22.4. The van der Waals surface area contributed by atoms with E-state index in [0.717, 1.165) is 67.3 Å². The first kappa shape index (κ1) is 37.8. The van der Waals surface area contributed by atoms with Crippen LogP contribution in [0.15, 0.2) is 21.7 Å². The fraction of sp³-hybridized carbons (Fsp3) is 0.576. The van der Waals surface area contributed by atoms with Gasteiger partial charge >= 0.3 is 29.6 Å². The van der Waals surface area contributed by atoms with E-state index in [1.54, 1.807) is 12.1 Å². The number of benzene rings is 1. The van der Waals surface area contributed by atoms with Gasteiger partial charge in [0.05, 0.1) is 45.3 Å². The number of hydrogen-bond acceptors (Lipinski definition) is 12. The van der Waals surface area contributed by atoms with E-state index in [4.69, 9.17) is 18.9 Å². The van der Waals surface area contributed by atoms with Crippen molar-refractivity contribution >= 4 is 34.9 Å². The predicted molar refractivity (Wildman–Crippen MR) is 174 cm³/mol. The molecule has 0 spiro atoms. The number of carbonyl (C=O) groups excluding carboxylic acids is 4. The van der Waals surface area contributed by atoms with Crippen molar-refractivity contribution in [3.63, 3.8) is 0 Å². The first-order valence-electron chi connectivity index (χ1n) is 15.8. The second-order valence-electron chi connectivity index (χ2n) is 12.9.